The molecule has 0 amide bonds. The summed E-state index contributed by atoms with van der Waals surface area (Å²) in [6.45, 7) is 1.55. The van der Waals surface area contributed by atoms with Crippen LogP contribution in [-0.2, 0) is 6.61 Å². The molecule has 0 spiro atoms. The molecule has 0 bridgehead atoms. The van der Waals surface area contributed by atoms with Crippen molar-refractivity contribution >= 4 is 17.6 Å². The van der Waals surface area contributed by atoms with Crippen molar-refractivity contribution in [2.45, 2.75) is 13.5 Å². The van der Waals surface area contributed by atoms with Gasteiger partial charge in [0.25, 0.3) is 0 Å². The highest BCUT2D eigenvalue weighted by Crippen LogP contribution is 2.21. The summed E-state index contributed by atoms with van der Waals surface area (Å²) in [6.07, 6.45) is 0. The minimum absolute atomic E-state index is 0.0856. The summed E-state index contributed by atoms with van der Waals surface area (Å²) in [7, 11) is 0. The molecular weight excluding hydrogens is 285 g/mol. The second kappa shape index (κ2) is 5.88. The number of pyridine rings is 1. The van der Waals surface area contributed by atoms with Crippen molar-refractivity contribution in [2.75, 3.05) is 0 Å². The van der Waals surface area contributed by atoms with Crippen LogP contribution in [0.25, 0.3) is 0 Å². The van der Waals surface area contributed by atoms with Crippen LogP contribution in [0, 0.1) is 12.7 Å². The van der Waals surface area contributed by atoms with Gasteiger partial charge >= 0.3 is 5.97 Å². The zero-order valence-corrected chi connectivity index (χ0v) is 11.3. The number of carboxylic acids is 1. The lowest BCUT2D eigenvalue weighted by atomic mass is 10.2. The maximum absolute atomic E-state index is 13.5. The molecule has 4 nitrogen and oxygen atoms in total. The van der Waals surface area contributed by atoms with Crippen molar-refractivity contribution in [3.8, 4) is 5.75 Å². The van der Waals surface area contributed by atoms with Crippen molar-refractivity contribution < 1.29 is 19.0 Å². The van der Waals surface area contributed by atoms with E-state index in [0.29, 0.717) is 10.7 Å². The molecule has 104 valence electrons. The first-order chi connectivity index (χ1) is 9.47. The third-order valence-corrected chi connectivity index (χ3v) is 2.83. The second-order valence-electron chi connectivity index (χ2n) is 4.13. The monoisotopic (exact) mass is 295 g/mol. The molecule has 1 aromatic carbocycles. The van der Waals surface area contributed by atoms with Gasteiger partial charge in [-0.25, -0.2) is 14.2 Å². The number of hydrogen-bond acceptors (Lipinski definition) is 3. The van der Waals surface area contributed by atoms with E-state index in [9.17, 15) is 9.18 Å². The molecule has 1 aromatic heterocycles. The molecule has 0 saturated heterocycles. The lowest BCUT2D eigenvalue weighted by Crippen LogP contribution is -2.07. The number of ether oxygens (including phenoxy) is 1. The van der Waals surface area contributed by atoms with E-state index in [1.807, 2.05) is 0 Å². The maximum Gasteiger partial charge on any atom is 0.358 e. The Bertz CT molecular complexity index is 661. The fourth-order valence-electron chi connectivity index (χ4n) is 1.62. The molecule has 6 heteroatoms. The minimum Gasteiger partial charge on any atom is -0.486 e. The molecule has 2 rings (SSSR count). The molecule has 1 heterocycles. The summed E-state index contributed by atoms with van der Waals surface area (Å²) in [4.78, 5) is 14.9. The summed E-state index contributed by atoms with van der Waals surface area (Å²) in [5.74, 6) is -1.58. The molecule has 0 radical (unpaired) electrons. The number of aryl methyl sites for hydroxylation is 1. The molecule has 0 aliphatic rings. The van der Waals surface area contributed by atoms with Gasteiger partial charge in [-0.05, 0) is 37.3 Å². The zero-order valence-electron chi connectivity index (χ0n) is 10.6. The molecule has 0 unspecified atom stereocenters. The van der Waals surface area contributed by atoms with Crippen LogP contribution >= 0.6 is 11.6 Å². The fourth-order valence-corrected chi connectivity index (χ4v) is 1.82. The Kier molecular flexibility index (Phi) is 4.20. The van der Waals surface area contributed by atoms with Crippen molar-refractivity contribution in [3.05, 3.63) is 58.1 Å². The zero-order chi connectivity index (χ0) is 14.7. The number of halogens is 2. The van der Waals surface area contributed by atoms with E-state index in [4.69, 9.17) is 21.4 Å². The van der Waals surface area contributed by atoms with Crippen LogP contribution < -0.4 is 4.74 Å². The number of rotatable bonds is 4. The van der Waals surface area contributed by atoms with E-state index in [1.54, 1.807) is 13.0 Å². The van der Waals surface area contributed by atoms with E-state index in [0.717, 1.165) is 0 Å². The lowest BCUT2D eigenvalue weighted by Gasteiger charge is -2.10. The molecule has 0 saturated carbocycles. The number of aromatic nitrogens is 1. The third-order valence-electron chi connectivity index (χ3n) is 2.59. The third kappa shape index (κ3) is 3.24. The van der Waals surface area contributed by atoms with Crippen molar-refractivity contribution in [2.24, 2.45) is 0 Å². The molecule has 1 N–H and O–H groups in total. The number of hydrogen-bond donors (Lipinski definition) is 1. The van der Waals surface area contributed by atoms with Gasteiger partial charge in [-0.15, -0.1) is 0 Å². The Balaban J connectivity index is 2.23. The number of benzene rings is 1. The van der Waals surface area contributed by atoms with Crippen LogP contribution in [0.2, 0.25) is 5.02 Å². The van der Waals surface area contributed by atoms with Crippen LogP contribution in [0.3, 0.4) is 0 Å². The van der Waals surface area contributed by atoms with Gasteiger partial charge in [0, 0.05) is 16.3 Å². The number of nitrogens with zero attached hydrogens (tertiary/aromatic N) is 1. The fraction of sp³-hybridized carbons (Fsp3) is 0.143. The van der Waals surface area contributed by atoms with E-state index in [2.05, 4.69) is 4.98 Å². The number of carbonyl (C=O) groups is 1. The van der Waals surface area contributed by atoms with Gasteiger partial charge in [-0.1, -0.05) is 11.6 Å². The van der Waals surface area contributed by atoms with Gasteiger partial charge in [-0.2, -0.15) is 0 Å². The van der Waals surface area contributed by atoms with Crippen molar-refractivity contribution in [1.29, 1.82) is 0 Å². The SMILES string of the molecule is Cc1ccc(OCc2cc(Cl)ccc2F)c(C(=O)O)n1. The Labute approximate surface area is 119 Å². The van der Waals surface area contributed by atoms with Crippen LogP contribution in [0.4, 0.5) is 4.39 Å². The van der Waals surface area contributed by atoms with Crippen LogP contribution in [-0.4, -0.2) is 16.1 Å². The van der Waals surface area contributed by atoms with Crippen LogP contribution in [0.1, 0.15) is 21.7 Å². The van der Waals surface area contributed by atoms with E-state index < -0.39 is 11.8 Å². The summed E-state index contributed by atoms with van der Waals surface area (Å²) in [6, 6.07) is 7.20. The predicted octanol–water partition coefficient (Wildman–Crippen LogP) is 3.46. The van der Waals surface area contributed by atoms with Gasteiger partial charge in [0.05, 0.1) is 0 Å². The number of carboxylic acid groups (broad SMARTS) is 1. The minimum atomic E-state index is -1.20. The summed E-state index contributed by atoms with van der Waals surface area (Å²) in [5, 5.41) is 9.43. The summed E-state index contributed by atoms with van der Waals surface area (Å²) < 4.78 is 18.9. The maximum atomic E-state index is 13.5. The molecule has 0 aliphatic carbocycles. The van der Waals surface area contributed by atoms with E-state index in [-0.39, 0.29) is 23.6 Å². The highest BCUT2D eigenvalue weighted by molar-refractivity contribution is 6.30. The van der Waals surface area contributed by atoms with Crippen molar-refractivity contribution in [3.63, 3.8) is 0 Å². The first kappa shape index (κ1) is 14.3. The Morgan fingerprint density at radius 3 is 2.85 bits per heavy atom. The van der Waals surface area contributed by atoms with Gasteiger partial charge in [0.2, 0.25) is 0 Å². The quantitative estimate of drug-likeness (QED) is 0.938. The lowest BCUT2D eigenvalue weighted by molar-refractivity contribution is 0.0684. The van der Waals surface area contributed by atoms with Gasteiger partial charge in [-0.3, -0.25) is 0 Å². The second-order valence-corrected chi connectivity index (χ2v) is 4.57. The highest BCUT2D eigenvalue weighted by atomic mass is 35.5. The normalized spacial score (nSPS) is 10.3. The molecular formula is C14H11ClFNO3. The Morgan fingerprint density at radius 2 is 2.15 bits per heavy atom. The molecule has 20 heavy (non-hydrogen) atoms. The topological polar surface area (TPSA) is 59.4 Å². The predicted molar refractivity (Wildman–Crippen MR) is 71.7 cm³/mol. The summed E-state index contributed by atoms with van der Waals surface area (Å²) in [5.41, 5.74) is 0.602. The average Bonchev–Trinajstić information content (AvgIpc) is 2.40. The van der Waals surface area contributed by atoms with Crippen molar-refractivity contribution in [1.82, 2.24) is 4.98 Å². The smallest absolute Gasteiger partial charge is 0.358 e. The van der Waals surface area contributed by atoms with E-state index in [1.165, 1.54) is 24.3 Å². The molecule has 2 aromatic rings. The van der Waals surface area contributed by atoms with Crippen LogP contribution in [0.5, 0.6) is 5.75 Å². The molecule has 0 aliphatic heterocycles. The Hall–Kier alpha value is -2.14. The average molecular weight is 296 g/mol. The Morgan fingerprint density at radius 1 is 1.40 bits per heavy atom. The number of aromatic carboxylic acids is 1. The largest absolute Gasteiger partial charge is 0.486 e. The van der Waals surface area contributed by atoms with Gasteiger partial charge in [0.15, 0.2) is 11.4 Å². The summed E-state index contributed by atoms with van der Waals surface area (Å²) >= 11 is 5.77. The first-order valence-electron chi connectivity index (χ1n) is 5.75. The first-order valence-corrected chi connectivity index (χ1v) is 6.13. The van der Waals surface area contributed by atoms with Crippen LogP contribution in [0.15, 0.2) is 30.3 Å². The molecule has 0 atom stereocenters. The highest BCUT2D eigenvalue weighted by Gasteiger charge is 2.14. The van der Waals surface area contributed by atoms with E-state index >= 15 is 0 Å². The standard InChI is InChI=1S/C14H11ClFNO3/c1-8-2-5-12(13(17-8)14(18)19)20-7-9-6-10(15)3-4-11(9)16/h2-6H,7H2,1H3,(H,18,19). The van der Waals surface area contributed by atoms with Gasteiger partial charge in [0.1, 0.15) is 12.4 Å². The van der Waals surface area contributed by atoms with Gasteiger partial charge < -0.3 is 9.84 Å². The molecule has 0 fully saturated rings.